The lowest BCUT2D eigenvalue weighted by Crippen LogP contribution is -2.28. The SMILES string of the molecule is CCCCc1ccc2ccnc(N3CCCNCC3)c2c1. The molecule has 3 heteroatoms. The van der Waals surface area contributed by atoms with Crippen LogP contribution < -0.4 is 10.2 Å². The lowest BCUT2D eigenvalue weighted by Gasteiger charge is -2.22. The van der Waals surface area contributed by atoms with Gasteiger partial charge in [0.25, 0.3) is 0 Å². The fourth-order valence-corrected chi connectivity index (χ4v) is 3.05. The van der Waals surface area contributed by atoms with E-state index in [-0.39, 0.29) is 0 Å². The van der Waals surface area contributed by atoms with Gasteiger partial charge in [0.1, 0.15) is 5.82 Å². The highest BCUT2D eigenvalue weighted by Crippen LogP contribution is 2.26. The molecular formula is C18H25N3. The second kappa shape index (κ2) is 6.90. The van der Waals surface area contributed by atoms with Crippen molar-refractivity contribution in [1.82, 2.24) is 10.3 Å². The molecule has 1 aliphatic rings. The van der Waals surface area contributed by atoms with Crippen LogP contribution in [0.4, 0.5) is 5.82 Å². The maximum absolute atomic E-state index is 4.69. The average molecular weight is 283 g/mol. The lowest BCUT2D eigenvalue weighted by molar-refractivity contribution is 0.724. The van der Waals surface area contributed by atoms with Gasteiger partial charge >= 0.3 is 0 Å². The number of rotatable bonds is 4. The minimum absolute atomic E-state index is 1.05. The highest BCUT2D eigenvalue weighted by atomic mass is 15.2. The Kier molecular flexibility index (Phi) is 4.71. The van der Waals surface area contributed by atoms with Crippen molar-refractivity contribution in [3.8, 4) is 0 Å². The highest BCUT2D eigenvalue weighted by molar-refractivity contribution is 5.92. The largest absolute Gasteiger partial charge is 0.355 e. The van der Waals surface area contributed by atoms with Crippen LogP contribution in [-0.2, 0) is 6.42 Å². The van der Waals surface area contributed by atoms with Gasteiger partial charge in [-0.25, -0.2) is 4.98 Å². The van der Waals surface area contributed by atoms with Crippen molar-refractivity contribution in [1.29, 1.82) is 0 Å². The summed E-state index contributed by atoms with van der Waals surface area (Å²) in [6.07, 6.45) is 6.81. The molecule has 0 unspecified atom stereocenters. The number of benzene rings is 1. The minimum atomic E-state index is 1.05. The molecular weight excluding hydrogens is 258 g/mol. The van der Waals surface area contributed by atoms with E-state index >= 15 is 0 Å². The van der Waals surface area contributed by atoms with Crippen molar-refractivity contribution in [3.05, 3.63) is 36.0 Å². The zero-order valence-corrected chi connectivity index (χ0v) is 12.9. The van der Waals surface area contributed by atoms with Crippen molar-refractivity contribution in [2.45, 2.75) is 32.6 Å². The van der Waals surface area contributed by atoms with E-state index in [1.807, 2.05) is 6.20 Å². The Morgan fingerprint density at radius 3 is 3.05 bits per heavy atom. The molecule has 2 heterocycles. The van der Waals surface area contributed by atoms with Gasteiger partial charge in [-0.1, -0.05) is 25.5 Å². The third kappa shape index (κ3) is 3.35. The Hall–Kier alpha value is -1.61. The van der Waals surface area contributed by atoms with Gasteiger partial charge in [-0.3, -0.25) is 0 Å². The number of aromatic nitrogens is 1. The van der Waals surface area contributed by atoms with Crippen molar-refractivity contribution in [2.24, 2.45) is 0 Å². The molecule has 0 radical (unpaired) electrons. The second-order valence-corrected chi connectivity index (χ2v) is 5.88. The fourth-order valence-electron chi connectivity index (χ4n) is 3.05. The Bertz CT molecular complexity index is 586. The molecule has 0 atom stereocenters. The first-order valence-electron chi connectivity index (χ1n) is 8.22. The average Bonchev–Trinajstić information content (AvgIpc) is 2.81. The van der Waals surface area contributed by atoms with Crippen LogP contribution in [0, 0.1) is 0 Å². The second-order valence-electron chi connectivity index (χ2n) is 5.88. The van der Waals surface area contributed by atoms with E-state index < -0.39 is 0 Å². The van der Waals surface area contributed by atoms with E-state index in [4.69, 9.17) is 4.98 Å². The molecule has 0 spiro atoms. The zero-order valence-electron chi connectivity index (χ0n) is 12.9. The van der Waals surface area contributed by atoms with Crippen LogP contribution in [0.25, 0.3) is 10.8 Å². The molecule has 1 aromatic carbocycles. The molecule has 1 aliphatic heterocycles. The Morgan fingerprint density at radius 1 is 1.19 bits per heavy atom. The number of nitrogens with one attached hydrogen (secondary N) is 1. The third-order valence-electron chi connectivity index (χ3n) is 4.27. The summed E-state index contributed by atoms with van der Waals surface area (Å²) in [7, 11) is 0. The number of aryl methyl sites for hydroxylation is 1. The quantitative estimate of drug-likeness (QED) is 0.932. The lowest BCUT2D eigenvalue weighted by atomic mass is 10.0. The van der Waals surface area contributed by atoms with Crippen LogP contribution in [0.15, 0.2) is 30.5 Å². The van der Waals surface area contributed by atoms with Gasteiger partial charge in [0.2, 0.25) is 0 Å². The molecule has 1 N–H and O–H groups in total. The van der Waals surface area contributed by atoms with Gasteiger partial charge in [0.05, 0.1) is 0 Å². The predicted octanol–water partition coefficient (Wildman–Crippen LogP) is 3.38. The van der Waals surface area contributed by atoms with E-state index in [2.05, 4.69) is 41.4 Å². The first-order chi connectivity index (χ1) is 10.4. The van der Waals surface area contributed by atoms with Crippen LogP contribution in [0.2, 0.25) is 0 Å². The van der Waals surface area contributed by atoms with Crippen LogP contribution in [0.3, 0.4) is 0 Å². The first-order valence-corrected chi connectivity index (χ1v) is 8.22. The molecule has 0 amide bonds. The van der Waals surface area contributed by atoms with Gasteiger partial charge in [0, 0.05) is 31.2 Å². The van der Waals surface area contributed by atoms with Crippen LogP contribution >= 0.6 is 0 Å². The van der Waals surface area contributed by atoms with Gasteiger partial charge in [-0.05, 0) is 48.9 Å². The standard InChI is InChI=1S/C18H25N3/c1-2-3-5-15-6-7-16-8-10-20-18(17(16)14-15)21-12-4-9-19-11-13-21/h6-8,10,14,19H,2-5,9,11-13H2,1H3. The van der Waals surface area contributed by atoms with E-state index in [0.29, 0.717) is 0 Å². The van der Waals surface area contributed by atoms with Crippen molar-refractivity contribution < 1.29 is 0 Å². The molecule has 21 heavy (non-hydrogen) atoms. The summed E-state index contributed by atoms with van der Waals surface area (Å²) in [4.78, 5) is 7.13. The summed E-state index contributed by atoms with van der Waals surface area (Å²) in [5.74, 6) is 1.16. The predicted molar refractivity (Wildman–Crippen MR) is 90.1 cm³/mol. The summed E-state index contributed by atoms with van der Waals surface area (Å²) in [5, 5.41) is 6.08. The number of nitrogens with zero attached hydrogens (tertiary/aromatic N) is 2. The Labute approximate surface area is 127 Å². The van der Waals surface area contributed by atoms with E-state index in [1.54, 1.807) is 0 Å². The van der Waals surface area contributed by atoms with E-state index in [1.165, 1.54) is 42.0 Å². The monoisotopic (exact) mass is 283 g/mol. The molecule has 0 saturated carbocycles. The summed E-state index contributed by atoms with van der Waals surface area (Å²) in [6, 6.07) is 9.00. The van der Waals surface area contributed by atoms with Crippen molar-refractivity contribution >= 4 is 16.6 Å². The van der Waals surface area contributed by atoms with E-state index in [0.717, 1.165) is 32.0 Å². The van der Waals surface area contributed by atoms with E-state index in [9.17, 15) is 0 Å². The summed E-state index contributed by atoms with van der Waals surface area (Å²) < 4.78 is 0. The Morgan fingerprint density at radius 2 is 2.14 bits per heavy atom. The number of hydrogen-bond donors (Lipinski definition) is 1. The zero-order chi connectivity index (χ0) is 14.5. The van der Waals surface area contributed by atoms with Crippen molar-refractivity contribution in [3.63, 3.8) is 0 Å². The highest BCUT2D eigenvalue weighted by Gasteiger charge is 2.13. The van der Waals surface area contributed by atoms with Gasteiger partial charge in [0.15, 0.2) is 0 Å². The molecule has 3 nitrogen and oxygen atoms in total. The molecule has 3 rings (SSSR count). The summed E-state index contributed by atoms with van der Waals surface area (Å²) >= 11 is 0. The third-order valence-corrected chi connectivity index (χ3v) is 4.27. The topological polar surface area (TPSA) is 28.2 Å². The molecule has 0 bridgehead atoms. The maximum atomic E-state index is 4.69. The van der Waals surface area contributed by atoms with Crippen LogP contribution in [-0.4, -0.2) is 31.2 Å². The van der Waals surface area contributed by atoms with Gasteiger partial charge in [-0.2, -0.15) is 0 Å². The van der Waals surface area contributed by atoms with Crippen LogP contribution in [0.5, 0.6) is 0 Å². The molecule has 1 fully saturated rings. The van der Waals surface area contributed by atoms with Gasteiger partial charge < -0.3 is 10.2 Å². The van der Waals surface area contributed by atoms with Crippen LogP contribution in [0.1, 0.15) is 31.7 Å². The number of hydrogen-bond acceptors (Lipinski definition) is 3. The maximum Gasteiger partial charge on any atom is 0.136 e. The summed E-state index contributed by atoms with van der Waals surface area (Å²) in [6.45, 7) is 6.55. The number of anilines is 1. The number of fused-ring (bicyclic) bond motifs is 1. The fraction of sp³-hybridized carbons (Fsp3) is 0.500. The molecule has 1 aromatic heterocycles. The van der Waals surface area contributed by atoms with Gasteiger partial charge in [-0.15, -0.1) is 0 Å². The molecule has 1 saturated heterocycles. The number of unbranched alkanes of at least 4 members (excludes halogenated alkanes) is 1. The molecule has 112 valence electrons. The normalized spacial score (nSPS) is 16.1. The molecule has 0 aliphatic carbocycles. The summed E-state index contributed by atoms with van der Waals surface area (Å²) in [5.41, 5.74) is 1.44. The Balaban J connectivity index is 1.96. The smallest absolute Gasteiger partial charge is 0.136 e. The number of pyridine rings is 1. The van der Waals surface area contributed by atoms with Crippen molar-refractivity contribution in [2.75, 3.05) is 31.1 Å². The minimum Gasteiger partial charge on any atom is -0.355 e. The first kappa shape index (κ1) is 14.3. The molecule has 2 aromatic rings.